The van der Waals surface area contributed by atoms with Gasteiger partial charge in [-0.15, -0.1) is 0 Å². The summed E-state index contributed by atoms with van der Waals surface area (Å²) in [7, 11) is 4.49. The van der Waals surface area contributed by atoms with E-state index in [2.05, 4.69) is 0 Å². The molecule has 0 radical (unpaired) electrons. The van der Waals surface area contributed by atoms with Crippen LogP contribution in [0, 0.1) is 6.92 Å². The van der Waals surface area contributed by atoms with Crippen LogP contribution in [0.15, 0.2) is 21.3 Å². The summed E-state index contributed by atoms with van der Waals surface area (Å²) >= 11 is 0. The number of ether oxygens (including phenoxy) is 3. The standard InChI is InChI=1S/C13H14O5/c1-7-5-8-6-9(15-2)11(16-3)12(17-4)10(8)13(14)18-7/h5-6H,1-4H3. The van der Waals surface area contributed by atoms with Crippen LogP contribution in [0.2, 0.25) is 0 Å². The van der Waals surface area contributed by atoms with Gasteiger partial charge in [0.25, 0.3) is 0 Å². The van der Waals surface area contributed by atoms with Crippen molar-refractivity contribution < 1.29 is 18.6 Å². The van der Waals surface area contributed by atoms with Gasteiger partial charge >= 0.3 is 5.63 Å². The lowest BCUT2D eigenvalue weighted by Gasteiger charge is -2.13. The second-order valence-electron chi connectivity index (χ2n) is 3.75. The van der Waals surface area contributed by atoms with Crippen molar-refractivity contribution in [3.8, 4) is 17.2 Å². The molecule has 18 heavy (non-hydrogen) atoms. The van der Waals surface area contributed by atoms with Crippen LogP contribution in [0.3, 0.4) is 0 Å². The maximum absolute atomic E-state index is 11.9. The molecule has 0 aliphatic rings. The Balaban J connectivity index is 2.97. The van der Waals surface area contributed by atoms with Crippen molar-refractivity contribution in [1.29, 1.82) is 0 Å². The Morgan fingerprint density at radius 2 is 1.67 bits per heavy atom. The van der Waals surface area contributed by atoms with E-state index >= 15 is 0 Å². The average Bonchev–Trinajstić information content (AvgIpc) is 2.35. The van der Waals surface area contributed by atoms with Crippen molar-refractivity contribution in [2.45, 2.75) is 6.92 Å². The number of rotatable bonds is 3. The van der Waals surface area contributed by atoms with Gasteiger partial charge in [-0.1, -0.05) is 0 Å². The first kappa shape index (κ1) is 12.3. The smallest absolute Gasteiger partial charge is 0.347 e. The molecule has 96 valence electrons. The summed E-state index contributed by atoms with van der Waals surface area (Å²) in [5, 5.41) is 1.04. The van der Waals surface area contributed by atoms with Crippen LogP contribution in [0.25, 0.3) is 10.8 Å². The van der Waals surface area contributed by atoms with Crippen molar-refractivity contribution >= 4 is 10.8 Å². The molecule has 0 fully saturated rings. The van der Waals surface area contributed by atoms with E-state index in [1.807, 2.05) is 0 Å². The molecule has 0 spiro atoms. The van der Waals surface area contributed by atoms with Crippen LogP contribution >= 0.6 is 0 Å². The van der Waals surface area contributed by atoms with Crippen molar-refractivity contribution in [2.24, 2.45) is 0 Å². The van der Waals surface area contributed by atoms with Crippen LogP contribution in [0.1, 0.15) is 5.76 Å². The summed E-state index contributed by atoms with van der Waals surface area (Å²) in [6.07, 6.45) is 0. The first-order valence-corrected chi connectivity index (χ1v) is 5.35. The Hall–Kier alpha value is -2.17. The second kappa shape index (κ2) is 4.60. The second-order valence-corrected chi connectivity index (χ2v) is 3.75. The molecule has 0 atom stereocenters. The molecular weight excluding hydrogens is 236 g/mol. The number of hydrogen-bond acceptors (Lipinski definition) is 5. The minimum Gasteiger partial charge on any atom is -0.493 e. The predicted molar refractivity (Wildman–Crippen MR) is 66.9 cm³/mol. The van der Waals surface area contributed by atoms with Crippen molar-refractivity contribution in [1.82, 2.24) is 0 Å². The lowest BCUT2D eigenvalue weighted by molar-refractivity contribution is 0.326. The normalized spacial score (nSPS) is 10.4. The quantitative estimate of drug-likeness (QED) is 0.835. The molecular formula is C13H14O5. The molecule has 0 unspecified atom stereocenters. The first-order valence-electron chi connectivity index (χ1n) is 5.35. The van der Waals surface area contributed by atoms with E-state index in [-0.39, 0.29) is 0 Å². The fourth-order valence-electron chi connectivity index (χ4n) is 1.95. The van der Waals surface area contributed by atoms with E-state index in [0.29, 0.717) is 33.8 Å². The zero-order valence-corrected chi connectivity index (χ0v) is 10.7. The number of hydrogen-bond donors (Lipinski definition) is 0. The summed E-state index contributed by atoms with van der Waals surface area (Å²) in [6, 6.07) is 3.47. The minimum atomic E-state index is -0.456. The molecule has 2 rings (SSSR count). The molecule has 1 aromatic heterocycles. The van der Waals surface area contributed by atoms with Crippen LogP contribution in [0.4, 0.5) is 0 Å². The average molecular weight is 250 g/mol. The van der Waals surface area contributed by atoms with Crippen LogP contribution < -0.4 is 19.8 Å². The topological polar surface area (TPSA) is 57.9 Å². The van der Waals surface area contributed by atoms with E-state index in [0.717, 1.165) is 0 Å². The molecule has 0 amide bonds. The number of benzene rings is 1. The Bertz CT molecular complexity index is 642. The molecule has 5 heteroatoms. The molecule has 0 saturated carbocycles. The largest absolute Gasteiger partial charge is 0.493 e. The van der Waals surface area contributed by atoms with Crippen LogP contribution in [0.5, 0.6) is 17.2 Å². The van der Waals surface area contributed by atoms with E-state index in [4.69, 9.17) is 18.6 Å². The van der Waals surface area contributed by atoms with Gasteiger partial charge in [-0.25, -0.2) is 4.79 Å². The third-order valence-corrected chi connectivity index (χ3v) is 2.68. The highest BCUT2D eigenvalue weighted by molar-refractivity contribution is 5.92. The fourth-order valence-corrected chi connectivity index (χ4v) is 1.95. The van der Waals surface area contributed by atoms with Gasteiger partial charge < -0.3 is 18.6 Å². The highest BCUT2D eigenvalue weighted by Crippen LogP contribution is 2.42. The number of aryl methyl sites for hydroxylation is 1. The fraction of sp³-hybridized carbons (Fsp3) is 0.308. The number of fused-ring (bicyclic) bond motifs is 1. The maximum Gasteiger partial charge on any atom is 0.347 e. The molecule has 0 aliphatic carbocycles. The summed E-state index contributed by atoms with van der Waals surface area (Å²) < 4.78 is 20.8. The van der Waals surface area contributed by atoms with E-state index in [1.165, 1.54) is 21.3 Å². The third-order valence-electron chi connectivity index (χ3n) is 2.68. The van der Waals surface area contributed by atoms with Gasteiger partial charge in [0.15, 0.2) is 11.5 Å². The minimum absolute atomic E-state index is 0.320. The van der Waals surface area contributed by atoms with Crippen molar-refractivity contribution in [3.63, 3.8) is 0 Å². The molecule has 5 nitrogen and oxygen atoms in total. The highest BCUT2D eigenvalue weighted by Gasteiger charge is 2.19. The molecule has 2 aromatic rings. The van der Waals surface area contributed by atoms with Gasteiger partial charge in [0.2, 0.25) is 5.75 Å². The van der Waals surface area contributed by atoms with E-state index < -0.39 is 5.63 Å². The predicted octanol–water partition coefficient (Wildman–Crippen LogP) is 2.13. The zero-order valence-electron chi connectivity index (χ0n) is 10.7. The molecule has 0 N–H and O–H groups in total. The zero-order chi connectivity index (χ0) is 13.3. The molecule has 1 aromatic carbocycles. The molecule has 0 bridgehead atoms. The monoisotopic (exact) mass is 250 g/mol. The Kier molecular flexibility index (Phi) is 3.14. The summed E-state index contributed by atoms with van der Waals surface area (Å²) in [5.41, 5.74) is -0.456. The van der Waals surface area contributed by atoms with E-state index in [9.17, 15) is 4.79 Å². The Morgan fingerprint density at radius 3 is 2.22 bits per heavy atom. The lowest BCUT2D eigenvalue weighted by Crippen LogP contribution is -2.05. The Morgan fingerprint density at radius 1 is 1.00 bits per heavy atom. The highest BCUT2D eigenvalue weighted by atomic mass is 16.5. The van der Waals surface area contributed by atoms with Gasteiger partial charge in [-0.3, -0.25) is 0 Å². The maximum atomic E-state index is 11.9. The van der Waals surface area contributed by atoms with Crippen LogP contribution in [-0.2, 0) is 0 Å². The Labute approximate surface area is 104 Å². The van der Waals surface area contributed by atoms with Gasteiger partial charge in [-0.05, 0) is 19.1 Å². The molecule has 0 aliphatic heterocycles. The van der Waals surface area contributed by atoms with Gasteiger partial charge in [0, 0.05) is 5.39 Å². The summed E-state index contributed by atoms with van der Waals surface area (Å²) in [4.78, 5) is 11.9. The SMILES string of the molecule is COc1cc2cc(C)oc(=O)c2c(OC)c1OC. The third kappa shape index (κ3) is 1.77. The van der Waals surface area contributed by atoms with Crippen molar-refractivity contribution in [2.75, 3.05) is 21.3 Å². The van der Waals surface area contributed by atoms with Gasteiger partial charge in [0.05, 0.1) is 21.3 Å². The van der Waals surface area contributed by atoms with Crippen LogP contribution in [-0.4, -0.2) is 21.3 Å². The number of methoxy groups -OCH3 is 3. The molecule has 1 heterocycles. The lowest BCUT2D eigenvalue weighted by atomic mass is 10.1. The summed E-state index contributed by atoms with van der Waals surface area (Å²) in [5.74, 6) is 1.73. The summed E-state index contributed by atoms with van der Waals surface area (Å²) in [6.45, 7) is 1.71. The van der Waals surface area contributed by atoms with Gasteiger partial charge in [0.1, 0.15) is 11.1 Å². The van der Waals surface area contributed by atoms with Crippen molar-refractivity contribution in [3.05, 3.63) is 28.3 Å². The first-order chi connectivity index (χ1) is 8.62. The van der Waals surface area contributed by atoms with Gasteiger partial charge in [-0.2, -0.15) is 0 Å². The molecule has 0 saturated heterocycles. The van der Waals surface area contributed by atoms with E-state index in [1.54, 1.807) is 19.1 Å².